The number of carbonyl (C=O) groups excluding carboxylic acids is 1. The molecule has 1 aromatic carbocycles. The molecule has 2 aliphatic rings. The Morgan fingerprint density at radius 3 is 2.24 bits per heavy atom. The molecular weight excluding hydrogens is 264 g/mol. The predicted octanol–water partition coefficient (Wildman–Crippen LogP) is 2.14. The van der Waals surface area contributed by atoms with Crippen LogP contribution >= 0.6 is 0 Å². The van der Waals surface area contributed by atoms with E-state index in [2.05, 4.69) is 10.2 Å². The lowest BCUT2D eigenvalue weighted by molar-refractivity contribution is 0.0780. The van der Waals surface area contributed by atoms with Gasteiger partial charge in [-0.15, -0.1) is 10.2 Å². The van der Waals surface area contributed by atoms with Crippen LogP contribution in [0, 0.1) is 11.8 Å². The van der Waals surface area contributed by atoms with Crippen LogP contribution in [0.5, 0.6) is 0 Å². The number of amides is 1. The summed E-state index contributed by atoms with van der Waals surface area (Å²) in [6, 6.07) is 7.67. The second-order valence-electron chi connectivity index (χ2n) is 6.08. The number of nitrogens with zero attached hydrogens (tertiary/aromatic N) is 4. The molecule has 5 heteroatoms. The minimum atomic E-state index is 0.166. The third-order valence-corrected chi connectivity index (χ3v) is 4.84. The molecular formula is C16H18N4O. The van der Waals surface area contributed by atoms with Crippen molar-refractivity contribution < 1.29 is 4.79 Å². The summed E-state index contributed by atoms with van der Waals surface area (Å²) in [6.07, 6.45) is 7.23. The summed E-state index contributed by atoms with van der Waals surface area (Å²) in [6.45, 7) is 1.88. The van der Waals surface area contributed by atoms with E-state index in [4.69, 9.17) is 0 Å². The Morgan fingerprint density at radius 2 is 1.62 bits per heavy atom. The van der Waals surface area contributed by atoms with Crippen molar-refractivity contribution in [1.29, 1.82) is 0 Å². The van der Waals surface area contributed by atoms with E-state index in [-0.39, 0.29) is 5.91 Å². The number of likely N-dealkylation sites (tertiary alicyclic amines) is 1. The fourth-order valence-electron chi connectivity index (χ4n) is 3.69. The highest BCUT2D eigenvalue weighted by molar-refractivity contribution is 5.94. The standard InChI is InChI=1S/C16H18N4O/c21-16(19-8-13-2-1-3-14(13)9-19)12-4-6-15(7-5-12)20-10-17-18-11-20/h4-7,10-11,13-14H,1-3,8-9H2/t13-,14+. The van der Waals surface area contributed by atoms with Gasteiger partial charge in [0.05, 0.1) is 0 Å². The van der Waals surface area contributed by atoms with Crippen LogP contribution in [0.2, 0.25) is 0 Å². The fourth-order valence-corrected chi connectivity index (χ4v) is 3.69. The van der Waals surface area contributed by atoms with Gasteiger partial charge in [0, 0.05) is 24.3 Å². The molecule has 4 rings (SSSR count). The summed E-state index contributed by atoms with van der Waals surface area (Å²) < 4.78 is 1.83. The van der Waals surface area contributed by atoms with Crippen molar-refractivity contribution in [2.75, 3.05) is 13.1 Å². The van der Waals surface area contributed by atoms with Crippen molar-refractivity contribution in [1.82, 2.24) is 19.7 Å². The minimum absolute atomic E-state index is 0.166. The highest BCUT2D eigenvalue weighted by atomic mass is 16.2. The van der Waals surface area contributed by atoms with Crippen molar-refractivity contribution in [3.63, 3.8) is 0 Å². The quantitative estimate of drug-likeness (QED) is 0.848. The Kier molecular flexibility index (Phi) is 2.98. The van der Waals surface area contributed by atoms with Gasteiger partial charge in [0.1, 0.15) is 12.7 Å². The van der Waals surface area contributed by atoms with Crippen LogP contribution in [-0.4, -0.2) is 38.7 Å². The summed E-state index contributed by atoms with van der Waals surface area (Å²) in [4.78, 5) is 14.6. The summed E-state index contributed by atoms with van der Waals surface area (Å²) in [7, 11) is 0. The molecule has 0 unspecified atom stereocenters. The van der Waals surface area contributed by atoms with Gasteiger partial charge in [-0.25, -0.2) is 0 Å². The number of aromatic nitrogens is 3. The van der Waals surface area contributed by atoms with Crippen LogP contribution in [0.25, 0.3) is 5.69 Å². The second-order valence-corrected chi connectivity index (χ2v) is 6.08. The topological polar surface area (TPSA) is 51.0 Å². The molecule has 1 saturated heterocycles. The first-order valence-corrected chi connectivity index (χ1v) is 7.55. The summed E-state index contributed by atoms with van der Waals surface area (Å²) >= 11 is 0. The summed E-state index contributed by atoms with van der Waals surface area (Å²) in [5, 5.41) is 7.58. The molecule has 21 heavy (non-hydrogen) atoms. The largest absolute Gasteiger partial charge is 0.338 e. The van der Waals surface area contributed by atoms with Crippen LogP contribution in [0.4, 0.5) is 0 Å². The van der Waals surface area contributed by atoms with Crippen LogP contribution in [-0.2, 0) is 0 Å². The van der Waals surface area contributed by atoms with E-state index in [9.17, 15) is 4.79 Å². The van der Waals surface area contributed by atoms with E-state index in [1.165, 1.54) is 19.3 Å². The fraction of sp³-hybridized carbons (Fsp3) is 0.438. The molecule has 1 saturated carbocycles. The van der Waals surface area contributed by atoms with Gasteiger partial charge in [-0.2, -0.15) is 0 Å². The lowest BCUT2D eigenvalue weighted by atomic mass is 10.0. The highest BCUT2D eigenvalue weighted by Gasteiger charge is 2.38. The van der Waals surface area contributed by atoms with Crippen molar-refractivity contribution in [2.24, 2.45) is 11.8 Å². The normalized spacial score (nSPS) is 24.3. The van der Waals surface area contributed by atoms with Crippen molar-refractivity contribution >= 4 is 5.91 Å². The van der Waals surface area contributed by atoms with E-state index in [1.54, 1.807) is 12.7 Å². The van der Waals surface area contributed by atoms with Gasteiger partial charge < -0.3 is 4.90 Å². The molecule has 1 amide bonds. The Balaban J connectivity index is 1.50. The number of rotatable bonds is 2. The van der Waals surface area contributed by atoms with E-state index >= 15 is 0 Å². The molecule has 0 spiro atoms. The first-order valence-electron chi connectivity index (χ1n) is 7.55. The molecule has 2 fully saturated rings. The third kappa shape index (κ3) is 2.22. The van der Waals surface area contributed by atoms with Gasteiger partial charge in [-0.05, 0) is 48.9 Å². The molecule has 0 radical (unpaired) electrons. The minimum Gasteiger partial charge on any atom is -0.338 e. The van der Waals surface area contributed by atoms with Crippen LogP contribution < -0.4 is 0 Å². The Hall–Kier alpha value is -2.17. The summed E-state index contributed by atoms with van der Waals surface area (Å²) in [5.74, 6) is 1.65. The maximum absolute atomic E-state index is 12.6. The number of hydrogen-bond acceptors (Lipinski definition) is 3. The second kappa shape index (κ2) is 4.98. The zero-order valence-electron chi connectivity index (χ0n) is 11.9. The summed E-state index contributed by atoms with van der Waals surface area (Å²) in [5.41, 5.74) is 1.74. The molecule has 0 bridgehead atoms. The van der Waals surface area contributed by atoms with E-state index in [1.807, 2.05) is 33.7 Å². The molecule has 1 aromatic heterocycles. The SMILES string of the molecule is O=C(c1ccc(-n2cnnc2)cc1)N1C[C@H]2CCC[C@H]2C1. The lowest BCUT2D eigenvalue weighted by Crippen LogP contribution is -2.29. The maximum atomic E-state index is 12.6. The first kappa shape index (κ1) is 12.6. The van der Waals surface area contributed by atoms with Gasteiger partial charge in [-0.1, -0.05) is 6.42 Å². The monoisotopic (exact) mass is 282 g/mol. The predicted molar refractivity (Wildman–Crippen MR) is 78.1 cm³/mol. The van der Waals surface area contributed by atoms with E-state index in [0.717, 1.165) is 36.2 Å². The van der Waals surface area contributed by atoms with Gasteiger partial charge in [0.25, 0.3) is 5.91 Å². The number of benzene rings is 1. The van der Waals surface area contributed by atoms with Crippen LogP contribution in [0.3, 0.4) is 0 Å². The average Bonchev–Trinajstić information content (AvgIpc) is 3.23. The van der Waals surface area contributed by atoms with E-state index < -0.39 is 0 Å². The molecule has 1 aliphatic heterocycles. The molecule has 2 aromatic rings. The number of carbonyl (C=O) groups is 1. The smallest absolute Gasteiger partial charge is 0.253 e. The number of fused-ring (bicyclic) bond motifs is 1. The molecule has 2 atom stereocenters. The zero-order valence-corrected chi connectivity index (χ0v) is 11.9. The van der Waals surface area contributed by atoms with Gasteiger partial charge in [0.2, 0.25) is 0 Å². The Labute approximate surface area is 123 Å². The third-order valence-electron chi connectivity index (χ3n) is 4.84. The van der Waals surface area contributed by atoms with Crippen molar-refractivity contribution in [3.05, 3.63) is 42.5 Å². The van der Waals surface area contributed by atoms with Crippen molar-refractivity contribution in [2.45, 2.75) is 19.3 Å². The van der Waals surface area contributed by atoms with Crippen LogP contribution in [0.15, 0.2) is 36.9 Å². The molecule has 5 nitrogen and oxygen atoms in total. The van der Waals surface area contributed by atoms with Crippen molar-refractivity contribution in [3.8, 4) is 5.69 Å². The van der Waals surface area contributed by atoms with Gasteiger partial charge >= 0.3 is 0 Å². The Bertz CT molecular complexity index is 623. The van der Waals surface area contributed by atoms with Crippen LogP contribution in [0.1, 0.15) is 29.6 Å². The molecule has 108 valence electrons. The lowest BCUT2D eigenvalue weighted by Gasteiger charge is -2.17. The molecule has 1 aliphatic carbocycles. The average molecular weight is 282 g/mol. The van der Waals surface area contributed by atoms with Gasteiger partial charge in [-0.3, -0.25) is 9.36 Å². The molecule has 2 heterocycles. The number of hydrogen-bond donors (Lipinski definition) is 0. The zero-order chi connectivity index (χ0) is 14.2. The van der Waals surface area contributed by atoms with E-state index in [0.29, 0.717) is 0 Å². The maximum Gasteiger partial charge on any atom is 0.253 e. The first-order chi connectivity index (χ1) is 10.3. The highest BCUT2D eigenvalue weighted by Crippen LogP contribution is 2.38. The van der Waals surface area contributed by atoms with Gasteiger partial charge in [0.15, 0.2) is 0 Å². The Morgan fingerprint density at radius 1 is 1.00 bits per heavy atom. The molecule has 0 N–H and O–H groups in total.